The Bertz CT molecular complexity index is 1460. The van der Waals surface area contributed by atoms with Crippen molar-refractivity contribution in [3.05, 3.63) is 115 Å². The van der Waals surface area contributed by atoms with E-state index in [9.17, 15) is 0 Å². The minimum Gasteiger partial charge on any atom is -0.301 e. The molecule has 0 bridgehead atoms. The van der Waals surface area contributed by atoms with Crippen molar-refractivity contribution >= 4 is 10.9 Å². The van der Waals surface area contributed by atoms with Crippen LogP contribution in [0.4, 0.5) is 0 Å². The fraction of sp³-hybridized carbons (Fsp3) is 0.111. The Hall–Kier alpha value is -4.32. The largest absolute Gasteiger partial charge is 0.301 e. The average molecular weight is 431 g/mol. The molecule has 1 aliphatic carbocycles. The molecule has 6 nitrogen and oxygen atoms in total. The fourth-order valence-electron chi connectivity index (χ4n) is 4.31. The lowest BCUT2D eigenvalue weighted by Gasteiger charge is -2.18. The SMILES string of the molecule is C1=CC(n2ncc3ccccc32)CC=C1Cc1nc(-c2ccccn2)cn1-c1cccnc1. The Morgan fingerprint density at radius 2 is 1.85 bits per heavy atom. The van der Waals surface area contributed by atoms with Gasteiger partial charge in [0.05, 0.1) is 35.3 Å². The average Bonchev–Trinajstić information content (AvgIpc) is 3.50. The molecule has 1 aliphatic rings. The zero-order chi connectivity index (χ0) is 22.0. The van der Waals surface area contributed by atoms with Gasteiger partial charge >= 0.3 is 0 Å². The van der Waals surface area contributed by atoms with E-state index in [1.54, 1.807) is 12.4 Å². The number of pyridine rings is 2. The summed E-state index contributed by atoms with van der Waals surface area (Å²) in [7, 11) is 0. The van der Waals surface area contributed by atoms with Gasteiger partial charge in [0.2, 0.25) is 0 Å². The van der Waals surface area contributed by atoms with E-state index in [0.29, 0.717) is 0 Å². The maximum atomic E-state index is 4.94. The Kier molecular flexibility index (Phi) is 4.88. The van der Waals surface area contributed by atoms with Crippen molar-refractivity contribution in [3.8, 4) is 17.1 Å². The number of nitrogens with zero attached hydrogens (tertiary/aromatic N) is 6. The first-order valence-corrected chi connectivity index (χ1v) is 11.0. The first-order valence-electron chi connectivity index (χ1n) is 11.0. The van der Waals surface area contributed by atoms with E-state index in [0.717, 1.165) is 41.3 Å². The predicted octanol–water partition coefficient (Wildman–Crippen LogP) is 5.35. The van der Waals surface area contributed by atoms with Gasteiger partial charge in [-0.05, 0) is 42.3 Å². The molecule has 0 radical (unpaired) electrons. The quantitative estimate of drug-likeness (QED) is 0.377. The van der Waals surface area contributed by atoms with Crippen LogP contribution in [0.2, 0.25) is 0 Å². The highest BCUT2D eigenvalue weighted by atomic mass is 15.3. The second-order valence-corrected chi connectivity index (χ2v) is 8.10. The number of imidazole rings is 1. The third-order valence-electron chi connectivity index (χ3n) is 5.97. The van der Waals surface area contributed by atoms with E-state index in [-0.39, 0.29) is 6.04 Å². The number of fused-ring (bicyclic) bond motifs is 1. The van der Waals surface area contributed by atoms with Gasteiger partial charge in [0.1, 0.15) is 11.5 Å². The number of hydrogen-bond acceptors (Lipinski definition) is 4. The lowest BCUT2D eigenvalue weighted by atomic mass is 10.0. The van der Waals surface area contributed by atoms with Crippen LogP contribution in [0.3, 0.4) is 0 Å². The van der Waals surface area contributed by atoms with Crippen molar-refractivity contribution in [2.24, 2.45) is 0 Å². The molecule has 6 rings (SSSR count). The van der Waals surface area contributed by atoms with Crippen LogP contribution in [0.5, 0.6) is 0 Å². The zero-order valence-electron chi connectivity index (χ0n) is 18.0. The molecule has 4 heterocycles. The van der Waals surface area contributed by atoms with Gasteiger partial charge in [0.25, 0.3) is 0 Å². The molecule has 33 heavy (non-hydrogen) atoms. The smallest absolute Gasteiger partial charge is 0.118 e. The highest BCUT2D eigenvalue weighted by Gasteiger charge is 2.17. The third-order valence-corrected chi connectivity index (χ3v) is 5.97. The van der Waals surface area contributed by atoms with Crippen molar-refractivity contribution in [1.29, 1.82) is 0 Å². The summed E-state index contributed by atoms with van der Waals surface area (Å²) in [4.78, 5) is 13.7. The van der Waals surface area contributed by atoms with Gasteiger partial charge in [-0.2, -0.15) is 5.10 Å². The third kappa shape index (κ3) is 3.76. The van der Waals surface area contributed by atoms with Crippen molar-refractivity contribution in [3.63, 3.8) is 0 Å². The number of allylic oxidation sites excluding steroid dienone is 4. The number of benzene rings is 1. The number of rotatable bonds is 5. The monoisotopic (exact) mass is 430 g/mol. The number of aromatic nitrogens is 6. The summed E-state index contributed by atoms with van der Waals surface area (Å²) in [6, 6.07) is 18.4. The highest BCUT2D eigenvalue weighted by Crippen LogP contribution is 2.28. The summed E-state index contributed by atoms with van der Waals surface area (Å²) >= 11 is 0. The van der Waals surface area contributed by atoms with Crippen LogP contribution >= 0.6 is 0 Å². The van der Waals surface area contributed by atoms with E-state index in [4.69, 9.17) is 4.98 Å². The zero-order valence-corrected chi connectivity index (χ0v) is 18.0. The van der Waals surface area contributed by atoms with Crippen LogP contribution in [0.25, 0.3) is 28.0 Å². The maximum Gasteiger partial charge on any atom is 0.118 e. The Morgan fingerprint density at radius 3 is 2.67 bits per heavy atom. The van der Waals surface area contributed by atoms with Crippen LogP contribution in [0, 0.1) is 0 Å². The standard InChI is InChI=1S/C27H22N6/c1-2-9-26-21(6-1)17-30-33(26)22-12-10-20(11-13-22)16-27-31-25(24-8-3-4-15-29-24)19-32(27)23-7-5-14-28-18-23/h1-12,14-15,17-19,22H,13,16H2. The summed E-state index contributed by atoms with van der Waals surface area (Å²) in [6.07, 6.45) is 17.8. The molecule has 0 saturated carbocycles. The summed E-state index contributed by atoms with van der Waals surface area (Å²) in [5.74, 6) is 0.961. The Morgan fingerprint density at radius 1 is 0.909 bits per heavy atom. The molecule has 1 aromatic carbocycles. The van der Waals surface area contributed by atoms with Crippen molar-refractivity contribution in [2.45, 2.75) is 18.9 Å². The Labute approximate surface area is 191 Å². The predicted molar refractivity (Wildman–Crippen MR) is 129 cm³/mol. The molecule has 0 N–H and O–H groups in total. The molecule has 160 valence electrons. The number of hydrogen-bond donors (Lipinski definition) is 0. The van der Waals surface area contributed by atoms with Crippen molar-refractivity contribution < 1.29 is 0 Å². The Balaban J connectivity index is 1.29. The van der Waals surface area contributed by atoms with Gasteiger partial charge in [-0.15, -0.1) is 0 Å². The summed E-state index contributed by atoms with van der Waals surface area (Å²) in [5.41, 5.74) is 5.11. The molecule has 0 aliphatic heterocycles. The molecule has 6 heteroatoms. The first kappa shape index (κ1) is 19.4. The van der Waals surface area contributed by atoms with Gasteiger partial charge in [-0.3, -0.25) is 14.6 Å². The first-order chi connectivity index (χ1) is 16.3. The molecule has 0 spiro atoms. The van der Waals surface area contributed by atoms with Crippen LogP contribution < -0.4 is 0 Å². The molecule has 1 atom stereocenters. The molecule has 4 aromatic heterocycles. The number of para-hydroxylation sites is 1. The lowest BCUT2D eigenvalue weighted by molar-refractivity contribution is 0.556. The molecule has 0 fully saturated rings. The molecule has 5 aromatic rings. The van der Waals surface area contributed by atoms with E-state index in [2.05, 4.69) is 60.7 Å². The van der Waals surface area contributed by atoms with Crippen molar-refractivity contribution in [1.82, 2.24) is 29.3 Å². The molecular weight excluding hydrogens is 408 g/mol. The van der Waals surface area contributed by atoms with E-state index in [1.807, 2.05) is 55.0 Å². The van der Waals surface area contributed by atoms with Crippen LogP contribution in [-0.4, -0.2) is 29.3 Å². The van der Waals surface area contributed by atoms with Crippen LogP contribution in [-0.2, 0) is 6.42 Å². The summed E-state index contributed by atoms with van der Waals surface area (Å²) in [6.45, 7) is 0. The fourth-order valence-corrected chi connectivity index (χ4v) is 4.31. The van der Waals surface area contributed by atoms with E-state index >= 15 is 0 Å². The molecule has 1 unspecified atom stereocenters. The van der Waals surface area contributed by atoms with Gasteiger partial charge in [0, 0.05) is 30.4 Å². The molecule has 0 amide bonds. The normalized spacial score (nSPS) is 15.6. The molecular formula is C27H22N6. The van der Waals surface area contributed by atoms with Gasteiger partial charge in [-0.1, -0.05) is 42.5 Å². The minimum atomic E-state index is 0.218. The second kappa shape index (κ2) is 8.31. The van der Waals surface area contributed by atoms with Gasteiger partial charge in [-0.25, -0.2) is 4.98 Å². The summed E-state index contributed by atoms with van der Waals surface area (Å²) < 4.78 is 4.22. The van der Waals surface area contributed by atoms with Crippen LogP contribution in [0.1, 0.15) is 18.3 Å². The van der Waals surface area contributed by atoms with E-state index < -0.39 is 0 Å². The highest BCUT2D eigenvalue weighted by molar-refractivity contribution is 5.78. The second-order valence-electron chi connectivity index (χ2n) is 8.10. The maximum absolute atomic E-state index is 4.94. The molecule has 0 saturated heterocycles. The summed E-state index contributed by atoms with van der Waals surface area (Å²) in [5, 5.41) is 5.79. The van der Waals surface area contributed by atoms with Gasteiger partial charge in [0.15, 0.2) is 0 Å². The van der Waals surface area contributed by atoms with Crippen LogP contribution in [0.15, 0.2) is 109 Å². The van der Waals surface area contributed by atoms with E-state index in [1.165, 1.54) is 11.0 Å². The topological polar surface area (TPSA) is 61.4 Å². The lowest BCUT2D eigenvalue weighted by Crippen LogP contribution is -2.11. The minimum absolute atomic E-state index is 0.218. The van der Waals surface area contributed by atoms with Crippen molar-refractivity contribution in [2.75, 3.05) is 0 Å². The van der Waals surface area contributed by atoms with Gasteiger partial charge < -0.3 is 4.57 Å².